The normalized spacial score (nSPS) is 16.2. The van der Waals surface area contributed by atoms with Crippen molar-refractivity contribution in [2.24, 2.45) is 0 Å². The minimum Gasteiger partial charge on any atom is -0.489 e. The number of fused-ring (bicyclic) bond motifs is 1. The molecule has 21 heavy (non-hydrogen) atoms. The zero-order chi connectivity index (χ0) is 14.8. The first-order valence-electron chi connectivity index (χ1n) is 6.94. The molecule has 0 aromatic heterocycles. The highest BCUT2D eigenvalue weighted by Crippen LogP contribution is 2.35. The Morgan fingerprint density at radius 3 is 2.86 bits per heavy atom. The van der Waals surface area contributed by atoms with Crippen molar-refractivity contribution in [1.29, 1.82) is 0 Å². The van der Waals surface area contributed by atoms with Crippen LogP contribution in [0.5, 0.6) is 5.75 Å². The molecule has 0 bridgehead atoms. The Labute approximate surface area is 128 Å². The largest absolute Gasteiger partial charge is 0.489 e. The van der Waals surface area contributed by atoms with Crippen LogP contribution < -0.4 is 10.1 Å². The molecule has 3 rings (SSSR count). The van der Waals surface area contributed by atoms with Crippen molar-refractivity contribution in [1.82, 2.24) is 5.32 Å². The second kappa shape index (κ2) is 5.78. The number of carbonyl (C=O) groups excluding carboxylic acids is 1. The van der Waals surface area contributed by atoms with Crippen molar-refractivity contribution in [3.05, 3.63) is 64.2 Å². The minimum absolute atomic E-state index is 0.0825. The highest BCUT2D eigenvalue weighted by atomic mass is 35.5. The van der Waals surface area contributed by atoms with Crippen LogP contribution in [0.4, 0.5) is 0 Å². The Morgan fingerprint density at radius 1 is 1.33 bits per heavy atom. The molecule has 1 amide bonds. The van der Waals surface area contributed by atoms with Crippen molar-refractivity contribution in [2.75, 3.05) is 0 Å². The summed E-state index contributed by atoms with van der Waals surface area (Å²) in [6, 6.07) is 13.3. The summed E-state index contributed by atoms with van der Waals surface area (Å²) in [5, 5.41) is 3.48. The van der Waals surface area contributed by atoms with Gasteiger partial charge in [0.1, 0.15) is 11.9 Å². The van der Waals surface area contributed by atoms with Crippen LogP contribution in [0.1, 0.15) is 28.4 Å². The van der Waals surface area contributed by atoms with E-state index in [2.05, 4.69) is 5.32 Å². The summed E-state index contributed by atoms with van der Waals surface area (Å²) >= 11 is 6.10. The quantitative estimate of drug-likeness (QED) is 0.941. The van der Waals surface area contributed by atoms with Gasteiger partial charge in [-0.15, -0.1) is 0 Å². The van der Waals surface area contributed by atoms with Gasteiger partial charge >= 0.3 is 0 Å². The molecular weight excluding hydrogens is 286 g/mol. The fourth-order valence-corrected chi connectivity index (χ4v) is 2.78. The molecule has 0 radical (unpaired) electrons. The Morgan fingerprint density at radius 2 is 2.10 bits per heavy atom. The molecule has 0 fully saturated rings. The van der Waals surface area contributed by atoms with E-state index in [1.807, 2.05) is 43.3 Å². The molecule has 0 spiro atoms. The highest BCUT2D eigenvalue weighted by molar-refractivity contribution is 6.31. The molecule has 108 valence electrons. The van der Waals surface area contributed by atoms with Crippen LogP contribution in [-0.4, -0.2) is 12.0 Å². The lowest BCUT2D eigenvalue weighted by atomic mass is 10.1. The summed E-state index contributed by atoms with van der Waals surface area (Å²) in [5.74, 6) is 0.504. The average molecular weight is 302 g/mol. The highest BCUT2D eigenvalue weighted by Gasteiger charge is 2.25. The standard InChI is InChI=1S/C17H16ClNO2/c1-11-7-13-8-14(18)9-15(16(13)21-11)17(20)19-10-12-5-3-2-4-6-12/h2-6,8-9,11H,7,10H2,1H3,(H,19,20)/t11-/m1/s1. The van der Waals surface area contributed by atoms with E-state index in [0.717, 1.165) is 17.5 Å². The first-order valence-corrected chi connectivity index (χ1v) is 7.32. The zero-order valence-electron chi connectivity index (χ0n) is 11.7. The molecule has 1 N–H and O–H groups in total. The molecule has 4 heteroatoms. The predicted molar refractivity (Wildman–Crippen MR) is 82.9 cm³/mol. The second-order valence-electron chi connectivity index (χ2n) is 5.24. The number of hydrogen-bond donors (Lipinski definition) is 1. The lowest BCUT2D eigenvalue weighted by Crippen LogP contribution is -2.23. The summed E-state index contributed by atoms with van der Waals surface area (Å²) in [7, 11) is 0. The Hall–Kier alpha value is -2.00. The van der Waals surface area contributed by atoms with Crippen molar-refractivity contribution in [2.45, 2.75) is 26.0 Å². The molecular formula is C17H16ClNO2. The number of amides is 1. The zero-order valence-corrected chi connectivity index (χ0v) is 12.5. The molecule has 3 nitrogen and oxygen atoms in total. The van der Waals surface area contributed by atoms with E-state index in [9.17, 15) is 4.79 Å². The summed E-state index contributed by atoms with van der Waals surface area (Å²) in [5.41, 5.74) is 2.57. The van der Waals surface area contributed by atoms with Gasteiger partial charge in [-0.2, -0.15) is 0 Å². The maximum absolute atomic E-state index is 12.4. The molecule has 0 aliphatic carbocycles. The van der Waals surface area contributed by atoms with Gasteiger partial charge in [-0.25, -0.2) is 0 Å². The molecule has 2 aromatic rings. The Balaban J connectivity index is 1.79. The van der Waals surface area contributed by atoms with Crippen LogP contribution >= 0.6 is 11.6 Å². The molecule has 0 saturated carbocycles. The third-order valence-corrected chi connectivity index (χ3v) is 3.72. The second-order valence-corrected chi connectivity index (χ2v) is 5.68. The van der Waals surface area contributed by atoms with Gasteiger partial charge in [-0.05, 0) is 24.6 Å². The minimum atomic E-state index is -0.160. The lowest BCUT2D eigenvalue weighted by molar-refractivity contribution is 0.0946. The van der Waals surface area contributed by atoms with Gasteiger partial charge in [0.25, 0.3) is 5.91 Å². The van der Waals surface area contributed by atoms with Crippen molar-refractivity contribution in [3.63, 3.8) is 0 Å². The Bertz CT molecular complexity index is 670. The third-order valence-electron chi connectivity index (χ3n) is 3.50. The predicted octanol–water partition coefficient (Wildman–Crippen LogP) is 3.59. The number of carbonyl (C=O) groups is 1. The molecule has 1 aliphatic rings. The van der Waals surface area contributed by atoms with Crippen LogP contribution in [0.25, 0.3) is 0 Å². The lowest BCUT2D eigenvalue weighted by Gasteiger charge is -2.11. The topological polar surface area (TPSA) is 38.3 Å². The SMILES string of the molecule is C[C@@H]1Cc2cc(Cl)cc(C(=O)NCc3ccccc3)c2O1. The monoisotopic (exact) mass is 301 g/mol. The number of nitrogens with one attached hydrogen (secondary N) is 1. The fraction of sp³-hybridized carbons (Fsp3) is 0.235. The van der Waals surface area contributed by atoms with Gasteiger partial charge in [0.05, 0.1) is 5.56 Å². The number of benzene rings is 2. The van der Waals surface area contributed by atoms with Gasteiger partial charge < -0.3 is 10.1 Å². The maximum atomic E-state index is 12.4. The van der Waals surface area contributed by atoms with Gasteiger partial charge in [0.15, 0.2) is 0 Å². The molecule has 1 aliphatic heterocycles. The third kappa shape index (κ3) is 3.03. The molecule has 1 heterocycles. The summed E-state index contributed by atoms with van der Waals surface area (Å²) in [6.45, 7) is 2.47. The first-order chi connectivity index (χ1) is 10.1. The number of halogens is 1. The van der Waals surface area contributed by atoms with Gasteiger partial charge in [-0.1, -0.05) is 41.9 Å². The molecule has 1 atom stereocenters. The van der Waals surface area contributed by atoms with E-state index in [1.165, 1.54) is 0 Å². The van der Waals surface area contributed by atoms with E-state index in [1.54, 1.807) is 6.07 Å². The molecule has 2 aromatic carbocycles. The van der Waals surface area contributed by atoms with E-state index in [0.29, 0.717) is 22.9 Å². The van der Waals surface area contributed by atoms with Crippen LogP contribution in [-0.2, 0) is 13.0 Å². The summed E-state index contributed by atoms with van der Waals surface area (Å²) < 4.78 is 5.75. The van der Waals surface area contributed by atoms with Crippen molar-refractivity contribution < 1.29 is 9.53 Å². The van der Waals surface area contributed by atoms with Crippen molar-refractivity contribution in [3.8, 4) is 5.75 Å². The van der Waals surface area contributed by atoms with Gasteiger partial charge in [-0.3, -0.25) is 4.79 Å². The first kappa shape index (κ1) is 14.0. The van der Waals surface area contributed by atoms with Crippen LogP contribution in [0.3, 0.4) is 0 Å². The van der Waals surface area contributed by atoms with E-state index >= 15 is 0 Å². The van der Waals surface area contributed by atoms with Crippen LogP contribution in [0.2, 0.25) is 5.02 Å². The van der Waals surface area contributed by atoms with E-state index in [4.69, 9.17) is 16.3 Å². The number of hydrogen-bond acceptors (Lipinski definition) is 2. The van der Waals surface area contributed by atoms with Crippen LogP contribution in [0.15, 0.2) is 42.5 Å². The van der Waals surface area contributed by atoms with Gasteiger partial charge in [0, 0.05) is 23.6 Å². The Kier molecular flexibility index (Phi) is 3.84. The maximum Gasteiger partial charge on any atom is 0.255 e. The molecule has 0 saturated heterocycles. The van der Waals surface area contributed by atoms with E-state index in [-0.39, 0.29) is 12.0 Å². The fourth-order valence-electron chi connectivity index (χ4n) is 2.54. The van der Waals surface area contributed by atoms with E-state index < -0.39 is 0 Å². The van der Waals surface area contributed by atoms with Crippen molar-refractivity contribution >= 4 is 17.5 Å². The number of ether oxygens (including phenoxy) is 1. The van der Waals surface area contributed by atoms with Crippen LogP contribution in [0, 0.1) is 0 Å². The molecule has 0 unspecified atom stereocenters. The number of rotatable bonds is 3. The smallest absolute Gasteiger partial charge is 0.255 e. The summed E-state index contributed by atoms with van der Waals surface area (Å²) in [6.07, 6.45) is 0.869. The summed E-state index contributed by atoms with van der Waals surface area (Å²) in [4.78, 5) is 12.4. The average Bonchev–Trinajstić information content (AvgIpc) is 2.85. The van der Waals surface area contributed by atoms with Gasteiger partial charge in [0.2, 0.25) is 0 Å².